The zero-order valence-corrected chi connectivity index (χ0v) is 11.8. The van der Waals surface area contributed by atoms with Gasteiger partial charge in [0.25, 0.3) is 0 Å². The van der Waals surface area contributed by atoms with Crippen LogP contribution in [0.15, 0.2) is 0 Å². The average Bonchev–Trinajstić information content (AvgIpc) is 2.90. The van der Waals surface area contributed by atoms with E-state index >= 15 is 0 Å². The molecule has 1 saturated heterocycles. The molecule has 0 aromatic heterocycles. The van der Waals surface area contributed by atoms with Crippen LogP contribution >= 0.6 is 0 Å². The van der Waals surface area contributed by atoms with Crippen LogP contribution in [0.1, 0.15) is 65.7 Å². The lowest BCUT2D eigenvalue weighted by atomic mass is 9.94. The lowest BCUT2D eigenvalue weighted by molar-refractivity contribution is -0.0446. The molecule has 3 atom stereocenters. The van der Waals surface area contributed by atoms with Gasteiger partial charge in [0.1, 0.15) is 0 Å². The third-order valence-electron chi connectivity index (χ3n) is 4.87. The van der Waals surface area contributed by atoms with E-state index in [0.717, 1.165) is 12.5 Å². The maximum Gasteiger partial charge on any atom is 0.0687 e. The quantitative estimate of drug-likeness (QED) is 0.793. The molecule has 0 aromatic carbocycles. The minimum Gasteiger partial charge on any atom is -0.372 e. The van der Waals surface area contributed by atoms with Gasteiger partial charge in [0.15, 0.2) is 0 Å². The molecule has 2 rings (SSSR count). The van der Waals surface area contributed by atoms with Gasteiger partial charge in [-0.2, -0.15) is 0 Å². The summed E-state index contributed by atoms with van der Waals surface area (Å²) in [5.41, 5.74) is 0.311. The highest BCUT2D eigenvalue weighted by atomic mass is 16.5. The van der Waals surface area contributed by atoms with Crippen molar-refractivity contribution in [3.05, 3.63) is 0 Å². The molecule has 3 unspecified atom stereocenters. The Labute approximate surface area is 107 Å². The van der Waals surface area contributed by atoms with E-state index in [9.17, 15) is 0 Å². The van der Waals surface area contributed by atoms with Crippen molar-refractivity contribution in [3.63, 3.8) is 0 Å². The second-order valence-corrected chi connectivity index (χ2v) is 6.23. The molecular formula is C15H29NO. The maximum atomic E-state index is 6.38. The monoisotopic (exact) mass is 239 g/mol. The van der Waals surface area contributed by atoms with E-state index in [1.807, 2.05) is 0 Å². The second kappa shape index (κ2) is 5.71. The topological polar surface area (TPSA) is 21.3 Å². The van der Waals surface area contributed by atoms with Crippen molar-refractivity contribution in [2.75, 3.05) is 6.54 Å². The molecule has 1 aliphatic carbocycles. The Balaban J connectivity index is 1.77. The second-order valence-electron chi connectivity index (χ2n) is 6.23. The number of rotatable bonds is 5. The van der Waals surface area contributed by atoms with Crippen LogP contribution in [0.5, 0.6) is 0 Å². The highest BCUT2D eigenvalue weighted by molar-refractivity contribution is 4.93. The molecule has 2 heteroatoms. The van der Waals surface area contributed by atoms with E-state index < -0.39 is 0 Å². The van der Waals surface area contributed by atoms with Gasteiger partial charge in [0, 0.05) is 6.04 Å². The minimum absolute atomic E-state index is 0.311. The van der Waals surface area contributed by atoms with Crippen LogP contribution < -0.4 is 5.32 Å². The maximum absolute atomic E-state index is 6.38. The Morgan fingerprint density at radius 2 is 1.94 bits per heavy atom. The summed E-state index contributed by atoms with van der Waals surface area (Å²) in [6.07, 6.45) is 9.79. The van der Waals surface area contributed by atoms with Crippen molar-refractivity contribution < 1.29 is 4.74 Å². The van der Waals surface area contributed by atoms with Crippen LogP contribution in [0.2, 0.25) is 0 Å². The van der Waals surface area contributed by atoms with Crippen molar-refractivity contribution >= 4 is 0 Å². The summed E-state index contributed by atoms with van der Waals surface area (Å²) < 4.78 is 6.38. The van der Waals surface area contributed by atoms with E-state index in [-0.39, 0.29) is 0 Å². The first kappa shape index (κ1) is 13.4. The molecule has 1 N–H and O–H groups in total. The van der Waals surface area contributed by atoms with E-state index in [4.69, 9.17) is 4.74 Å². The molecule has 2 aliphatic rings. The first-order chi connectivity index (χ1) is 8.15. The minimum atomic E-state index is 0.311. The Morgan fingerprint density at radius 1 is 1.24 bits per heavy atom. The van der Waals surface area contributed by atoms with Gasteiger partial charge in [-0.1, -0.05) is 26.7 Å². The predicted molar refractivity (Wildman–Crippen MR) is 72.2 cm³/mol. The molecule has 0 amide bonds. The highest BCUT2D eigenvalue weighted by Gasteiger charge is 2.42. The zero-order valence-electron chi connectivity index (χ0n) is 11.8. The fourth-order valence-electron chi connectivity index (χ4n) is 3.59. The van der Waals surface area contributed by atoms with Crippen molar-refractivity contribution in [2.24, 2.45) is 5.92 Å². The summed E-state index contributed by atoms with van der Waals surface area (Å²) in [4.78, 5) is 0. The first-order valence-corrected chi connectivity index (χ1v) is 7.56. The average molecular weight is 239 g/mol. The third-order valence-corrected chi connectivity index (χ3v) is 4.87. The molecule has 2 nitrogen and oxygen atoms in total. The highest BCUT2D eigenvalue weighted by Crippen LogP contribution is 2.44. The van der Waals surface area contributed by atoms with Crippen molar-refractivity contribution in [2.45, 2.75) is 83.5 Å². The van der Waals surface area contributed by atoms with Crippen LogP contribution in [-0.2, 0) is 4.74 Å². The van der Waals surface area contributed by atoms with Gasteiger partial charge in [-0.05, 0) is 51.5 Å². The van der Waals surface area contributed by atoms with Gasteiger partial charge in [0.05, 0.1) is 11.7 Å². The Morgan fingerprint density at radius 3 is 2.59 bits per heavy atom. The Hall–Kier alpha value is -0.0800. The summed E-state index contributed by atoms with van der Waals surface area (Å²) in [5, 5.41) is 3.52. The fourth-order valence-corrected chi connectivity index (χ4v) is 3.59. The Bertz CT molecular complexity index is 235. The molecule has 100 valence electrons. The van der Waals surface area contributed by atoms with Gasteiger partial charge in [-0.3, -0.25) is 0 Å². The molecular weight excluding hydrogens is 210 g/mol. The number of nitrogens with one attached hydrogen (secondary N) is 1. The largest absolute Gasteiger partial charge is 0.372 e. The lowest BCUT2D eigenvalue weighted by Gasteiger charge is -2.27. The normalized spacial score (nSPS) is 30.9. The third kappa shape index (κ3) is 3.23. The molecule has 1 heterocycles. The lowest BCUT2D eigenvalue weighted by Crippen LogP contribution is -2.34. The van der Waals surface area contributed by atoms with E-state index in [2.05, 4.69) is 26.1 Å². The molecule has 1 spiro atoms. The summed E-state index contributed by atoms with van der Waals surface area (Å²) in [6, 6.07) is 0.615. The van der Waals surface area contributed by atoms with E-state index in [1.54, 1.807) is 0 Å². The van der Waals surface area contributed by atoms with Crippen molar-refractivity contribution in [3.8, 4) is 0 Å². The molecule has 0 radical (unpaired) electrons. The molecule has 1 saturated carbocycles. The van der Waals surface area contributed by atoms with Crippen LogP contribution in [0.3, 0.4) is 0 Å². The predicted octanol–water partition coefficient (Wildman–Crippen LogP) is 3.50. The fraction of sp³-hybridized carbons (Fsp3) is 1.00. The van der Waals surface area contributed by atoms with Gasteiger partial charge in [-0.15, -0.1) is 0 Å². The van der Waals surface area contributed by atoms with Crippen LogP contribution in [0.4, 0.5) is 0 Å². The summed E-state index contributed by atoms with van der Waals surface area (Å²) in [7, 11) is 0. The van der Waals surface area contributed by atoms with E-state index in [0.29, 0.717) is 17.7 Å². The Kier molecular flexibility index (Phi) is 4.48. The van der Waals surface area contributed by atoms with Gasteiger partial charge in [-0.25, -0.2) is 0 Å². The molecule has 2 fully saturated rings. The number of hydrogen-bond acceptors (Lipinski definition) is 2. The van der Waals surface area contributed by atoms with Crippen molar-refractivity contribution in [1.82, 2.24) is 5.32 Å². The van der Waals surface area contributed by atoms with Crippen LogP contribution in [0.25, 0.3) is 0 Å². The van der Waals surface area contributed by atoms with E-state index in [1.165, 1.54) is 44.9 Å². The summed E-state index contributed by atoms with van der Waals surface area (Å²) in [6.45, 7) is 7.91. The SMILES string of the molecule is CCNC(C)C(C)CC1CCC2(CCCC2)O1. The first-order valence-electron chi connectivity index (χ1n) is 7.56. The summed E-state index contributed by atoms with van der Waals surface area (Å²) in [5.74, 6) is 0.719. The van der Waals surface area contributed by atoms with Gasteiger partial charge < -0.3 is 10.1 Å². The van der Waals surface area contributed by atoms with Crippen molar-refractivity contribution in [1.29, 1.82) is 0 Å². The molecule has 1 aliphatic heterocycles. The van der Waals surface area contributed by atoms with Gasteiger partial charge in [0.2, 0.25) is 0 Å². The standard InChI is InChI=1S/C15H29NO/c1-4-16-13(3)12(2)11-14-7-10-15(17-14)8-5-6-9-15/h12-14,16H,4-11H2,1-3H3. The molecule has 0 bridgehead atoms. The molecule has 0 aromatic rings. The number of ether oxygens (including phenoxy) is 1. The smallest absolute Gasteiger partial charge is 0.0687 e. The van der Waals surface area contributed by atoms with Crippen LogP contribution in [0, 0.1) is 5.92 Å². The zero-order chi connectivity index (χ0) is 12.3. The van der Waals surface area contributed by atoms with Gasteiger partial charge >= 0.3 is 0 Å². The number of hydrogen-bond donors (Lipinski definition) is 1. The summed E-state index contributed by atoms with van der Waals surface area (Å²) >= 11 is 0. The van der Waals surface area contributed by atoms with Crippen LogP contribution in [-0.4, -0.2) is 24.3 Å². The molecule has 17 heavy (non-hydrogen) atoms.